The molecule has 18 heavy (non-hydrogen) atoms. The zero-order valence-corrected chi connectivity index (χ0v) is 9.29. The van der Waals surface area contributed by atoms with Crippen molar-refractivity contribution >= 4 is 5.97 Å². The van der Waals surface area contributed by atoms with Crippen LogP contribution in [0.5, 0.6) is 5.75 Å². The summed E-state index contributed by atoms with van der Waals surface area (Å²) in [5, 5.41) is 8.65. The van der Waals surface area contributed by atoms with Crippen molar-refractivity contribution in [3.63, 3.8) is 0 Å². The number of ether oxygens (including phenoxy) is 1. The van der Waals surface area contributed by atoms with Gasteiger partial charge in [-0.3, -0.25) is 4.79 Å². The highest BCUT2D eigenvalue weighted by atomic mass is 19.4. The molecule has 0 saturated heterocycles. The fraction of sp³-hybridized carbons (Fsp3) is 0.364. The van der Waals surface area contributed by atoms with Gasteiger partial charge in [-0.1, -0.05) is 13.0 Å². The minimum atomic E-state index is -4.89. The molecule has 0 aliphatic heterocycles. The highest BCUT2D eigenvalue weighted by molar-refractivity contribution is 5.69. The van der Waals surface area contributed by atoms with E-state index in [-0.39, 0.29) is 12.0 Å². The van der Waals surface area contributed by atoms with Crippen LogP contribution < -0.4 is 4.74 Å². The summed E-state index contributed by atoms with van der Waals surface area (Å²) < 4.78 is 52.5. The average molecular weight is 266 g/mol. The first-order valence-corrected chi connectivity index (χ1v) is 4.96. The summed E-state index contributed by atoms with van der Waals surface area (Å²) in [6.45, 7) is 1.38. The summed E-state index contributed by atoms with van der Waals surface area (Å²) in [4.78, 5) is 10.6. The SMILES string of the molecule is CC(Cc1ccc(OC(F)(F)F)cc1F)C(=O)O. The Morgan fingerprint density at radius 2 is 2.06 bits per heavy atom. The number of alkyl halides is 3. The van der Waals surface area contributed by atoms with Gasteiger partial charge in [0.15, 0.2) is 0 Å². The molecule has 1 unspecified atom stereocenters. The van der Waals surface area contributed by atoms with Crippen LogP contribution in [0, 0.1) is 11.7 Å². The number of halogens is 4. The van der Waals surface area contributed by atoms with Gasteiger partial charge in [-0.15, -0.1) is 13.2 Å². The summed E-state index contributed by atoms with van der Waals surface area (Å²) in [5.41, 5.74) is 0.0272. The molecule has 100 valence electrons. The van der Waals surface area contributed by atoms with Crippen LogP contribution in [-0.4, -0.2) is 17.4 Å². The van der Waals surface area contributed by atoms with Gasteiger partial charge < -0.3 is 9.84 Å². The van der Waals surface area contributed by atoms with Gasteiger partial charge >= 0.3 is 12.3 Å². The Morgan fingerprint density at radius 1 is 1.44 bits per heavy atom. The Kier molecular flexibility index (Phi) is 4.15. The molecule has 1 rings (SSSR count). The molecule has 0 aliphatic carbocycles. The van der Waals surface area contributed by atoms with E-state index in [0.717, 1.165) is 12.1 Å². The molecule has 0 fully saturated rings. The number of carboxylic acid groups (broad SMARTS) is 1. The Hall–Kier alpha value is -1.79. The lowest BCUT2D eigenvalue weighted by molar-refractivity contribution is -0.274. The van der Waals surface area contributed by atoms with Crippen molar-refractivity contribution in [1.82, 2.24) is 0 Å². The van der Waals surface area contributed by atoms with E-state index in [1.807, 2.05) is 0 Å². The van der Waals surface area contributed by atoms with E-state index in [0.29, 0.717) is 6.07 Å². The van der Waals surface area contributed by atoms with Gasteiger partial charge in [-0.05, 0) is 18.1 Å². The highest BCUT2D eigenvalue weighted by Gasteiger charge is 2.31. The second-order valence-corrected chi connectivity index (χ2v) is 3.74. The Labute approximate surface area is 100.0 Å². The van der Waals surface area contributed by atoms with Crippen molar-refractivity contribution in [2.24, 2.45) is 5.92 Å². The van der Waals surface area contributed by atoms with Crippen molar-refractivity contribution in [2.45, 2.75) is 19.7 Å². The number of benzene rings is 1. The van der Waals surface area contributed by atoms with Gasteiger partial charge in [-0.2, -0.15) is 0 Å². The predicted molar refractivity (Wildman–Crippen MR) is 53.6 cm³/mol. The van der Waals surface area contributed by atoms with Crippen LogP contribution >= 0.6 is 0 Å². The van der Waals surface area contributed by atoms with E-state index >= 15 is 0 Å². The zero-order valence-electron chi connectivity index (χ0n) is 9.29. The van der Waals surface area contributed by atoms with Crippen LogP contribution in [0.3, 0.4) is 0 Å². The van der Waals surface area contributed by atoms with E-state index in [4.69, 9.17) is 5.11 Å². The largest absolute Gasteiger partial charge is 0.573 e. The lowest BCUT2D eigenvalue weighted by atomic mass is 10.0. The summed E-state index contributed by atoms with van der Waals surface area (Å²) >= 11 is 0. The molecule has 0 aromatic heterocycles. The first-order chi connectivity index (χ1) is 8.19. The fourth-order valence-electron chi connectivity index (χ4n) is 1.31. The van der Waals surface area contributed by atoms with Gasteiger partial charge in [0.2, 0.25) is 0 Å². The Balaban J connectivity index is 2.83. The van der Waals surface area contributed by atoms with E-state index in [1.165, 1.54) is 6.92 Å². The molecule has 3 nitrogen and oxygen atoms in total. The molecule has 0 heterocycles. The second kappa shape index (κ2) is 5.24. The molecule has 0 spiro atoms. The Morgan fingerprint density at radius 3 is 2.50 bits per heavy atom. The maximum absolute atomic E-state index is 13.4. The standard InChI is InChI=1S/C11H10F4O3/c1-6(10(16)17)4-7-2-3-8(5-9(7)12)18-11(13,14)15/h2-3,5-6H,4H2,1H3,(H,16,17). The van der Waals surface area contributed by atoms with E-state index in [2.05, 4.69) is 4.74 Å². The molecule has 0 saturated carbocycles. The van der Waals surface area contributed by atoms with Gasteiger partial charge in [0.05, 0.1) is 5.92 Å². The van der Waals surface area contributed by atoms with Crippen molar-refractivity contribution in [3.05, 3.63) is 29.6 Å². The van der Waals surface area contributed by atoms with Crippen LogP contribution in [0.4, 0.5) is 17.6 Å². The lowest BCUT2D eigenvalue weighted by Crippen LogP contribution is -2.17. The third kappa shape index (κ3) is 4.23. The van der Waals surface area contributed by atoms with Gasteiger partial charge in [0.1, 0.15) is 11.6 Å². The quantitative estimate of drug-likeness (QED) is 0.852. The molecule has 1 N–H and O–H groups in total. The minimum absolute atomic E-state index is 0.0272. The number of rotatable bonds is 4. The monoisotopic (exact) mass is 266 g/mol. The number of aliphatic carboxylic acids is 1. The zero-order chi connectivity index (χ0) is 13.9. The van der Waals surface area contributed by atoms with Crippen molar-refractivity contribution in [1.29, 1.82) is 0 Å². The summed E-state index contributed by atoms with van der Waals surface area (Å²) in [6, 6.07) is 2.60. The second-order valence-electron chi connectivity index (χ2n) is 3.74. The minimum Gasteiger partial charge on any atom is -0.481 e. The summed E-state index contributed by atoms with van der Waals surface area (Å²) in [6.07, 6.45) is -4.99. The first-order valence-electron chi connectivity index (χ1n) is 4.96. The van der Waals surface area contributed by atoms with Crippen LogP contribution in [0.1, 0.15) is 12.5 Å². The molecule has 0 radical (unpaired) electrons. The van der Waals surface area contributed by atoms with E-state index < -0.39 is 29.8 Å². The van der Waals surface area contributed by atoms with Crippen LogP contribution in [0.15, 0.2) is 18.2 Å². The molecule has 0 aliphatic rings. The van der Waals surface area contributed by atoms with Crippen LogP contribution in [-0.2, 0) is 11.2 Å². The molecule has 1 aromatic rings. The molecule has 0 bridgehead atoms. The van der Waals surface area contributed by atoms with Crippen LogP contribution in [0.2, 0.25) is 0 Å². The number of hydrogen-bond donors (Lipinski definition) is 1. The topological polar surface area (TPSA) is 46.5 Å². The summed E-state index contributed by atoms with van der Waals surface area (Å²) in [7, 11) is 0. The van der Waals surface area contributed by atoms with Gasteiger partial charge in [-0.25, -0.2) is 4.39 Å². The molecule has 1 atom stereocenters. The van der Waals surface area contributed by atoms with Gasteiger partial charge in [0, 0.05) is 6.07 Å². The van der Waals surface area contributed by atoms with Crippen molar-refractivity contribution in [2.75, 3.05) is 0 Å². The third-order valence-corrected chi connectivity index (χ3v) is 2.21. The fourth-order valence-corrected chi connectivity index (χ4v) is 1.31. The number of hydrogen-bond acceptors (Lipinski definition) is 2. The first kappa shape index (κ1) is 14.3. The predicted octanol–water partition coefficient (Wildman–Crippen LogP) is 2.99. The van der Waals surface area contributed by atoms with Crippen LogP contribution in [0.25, 0.3) is 0 Å². The van der Waals surface area contributed by atoms with Crippen molar-refractivity contribution in [3.8, 4) is 5.75 Å². The van der Waals surface area contributed by atoms with Gasteiger partial charge in [0.25, 0.3) is 0 Å². The number of carboxylic acids is 1. The smallest absolute Gasteiger partial charge is 0.481 e. The van der Waals surface area contributed by atoms with E-state index in [9.17, 15) is 22.4 Å². The third-order valence-electron chi connectivity index (χ3n) is 2.21. The highest BCUT2D eigenvalue weighted by Crippen LogP contribution is 2.25. The molecule has 7 heteroatoms. The molecule has 1 aromatic carbocycles. The Bertz CT molecular complexity index is 442. The maximum Gasteiger partial charge on any atom is 0.573 e. The summed E-state index contributed by atoms with van der Waals surface area (Å²) in [5.74, 6) is -3.53. The lowest BCUT2D eigenvalue weighted by Gasteiger charge is -2.11. The molecular formula is C11H10F4O3. The van der Waals surface area contributed by atoms with E-state index in [1.54, 1.807) is 0 Å². The molecular weight excluding hydrogens is 256 g/mol. The maximum atomic E-state index is 13.4. The molecule has 0 amide bonds. The normalized spacial score (nSPS) is 13.2. The number of carbonyl (C=O) groups is 1. The van der Waals surface area contributed by atoms with Crippen molar-refractivity contribution < 1.29 is 32.2 Å². The average Bonchev–Trinajstić information content (AvgIpc) is 2.19.